The van der Waals surface area contributed by atoms with Crippen LogP contribution in [-0.2, 0) is 0 Å². The molecule has 0 heterocycles. The van der Waals surface area contributed by atoms with Gasteiger partial charge in [0, 0.05) is 0 Å². The van der Waals surface area contributed by atoms with Crippen LogP contribution in [0.4, 0.5) is 0 Å². The maximum absolute atomic E-state index is 2.42. The Morgan fingerprint density at radius 3 is 2.18 bits per heavy atom. The average Bonchev–Trinajstić information content (AvgIpc) is 2.05. The molecule has 0 saturated heterocycles. The Morgan fingerprint density at radius 2 is 1.73 bits per heavy atom. The summed E-state index contributed by atoms with van der Waals surface area (Å²) in [6.45, 7) is 7.14. The van der Waals surface area contributed by atoms with Gasteiger partial charge in [0.15, 0.2) is 0 Å². The molecule has 1 atom stereocenters. The van der Waals surface area contributed by atoms with Gasteiger partial charge >= 0.3 is 0 Å². The molecule has 1 rings (SSSR count). The van der Waals surface area contributed by atoms with Gasteiger partial charge in [-0.3, -0.25) is 0 Å². The molecule has 11 heavy (non-hydrogen) atoms. The summed E-state index contributed by atoms with van der Waals surface area (Å²) < 4.78 is 0. The molecule has 0 aromatic rings. The van der Waals surface area contributed by atoms with Crippen LogP contribution in [0.1, 0.15) is 52.9 Å². The molecule has 1 saturated carbocycles. The fourth-order valence-electron chi connectivity index (χ4n) is 2.19. The molecule has 0 aliphatic heterocycles. The molecule has 0 bridgehead atoms. The van der Waals surface area contributed by atoms with Crippen LogP contribution >= 0.6 is 0 Å². The first-order chi connectivity index (χ1) is 5.24. The molecule has 0 nitrogen and oxygen atoms in total. The second kappa shape index (κ2) is 4.13. The van der Waals surface area contributed by atoms with E-state index in [-0.39, 0.29) is 0 Å². The van der Waals surface area contributed by atoms with Crippen LogP contribution in [0.25, 0.3) is 0 Å². The second-order valence-corrected chi connectivity index (χ2v) is 4.41. The Balaban J connectivity index is 2.27. The van der Waals surface area contributed by atoms with Gasteiger partial charge in [-0.25, -0.2) is 0 Å². The van der Waals surface area contributed by atoms with Crippen molar-refractivity contribution in [3.63, 3.8) is 0 Å². The highest BCUT2D eigenvalue weighted by Gasteiger charge is 2.21. The van der Waals surface area contributed by atoms with E-state index in [1.165, 1.54) is 32.1 Å². The SMILES string of the molecule is CCC(C)C1CCC(C)CC1. The van der Waals surface area contributed by atoms with Crippen molar-refractivity contribution >= 4 is 0 Å². The average molecular weight is 154 g/mol. The van der Waals surface area contributed by atoms with Crippen LogP contribution in [0, 0.1) is 17.8 Å². The molecule has 1 fully saturated rings. The summed E-state index contributed by atoms with van der Waals surface area (Å²) >= 11 is 0. The summed E-state index contributed by atoms with van der Waals surface area (Å²) in [6.07, 6.45) is 7.33. The van der Waals surface area contributed by atoms with Crippen LogP contribution in [0.5, 0.6) is 0 Å². The molecule has 1 aliphatic rings. The van der Waals surface area contributed by atoms with Crippen molar-refractivity contribution in [2.45, 2.75) is 52.9 Å². The van der Waals surface area contributed by atoms with Crippen LogP contribution < -0.4 is 0 Å². The minimum atomic E-state index is 0.975. The molecule has 1 unspecified atom stereocenters. The maximum atomic E-state index is 2.42. The lowest BCUT2D eigenvalue weighted by Crippen LogP contribution is -2.18. The molecule has 0 aromatic carbocycles. The molecule has 0 aromatic heterocycles. The lowest BCUT2D eigenvalue weighted by Gasteiger charge is -2.30. The highest BCUT2D eigenvalue weighted by atomic mass is 14.3. The van der Waals surface area contributed by atoms with Crippen molar-refractivity contribution in [3.05, 3.63) is 0 Å². The van der Waals surface area contributed by atoms with Gasteiger partial charge in [0.05, 0.1) is 0 Å². The third-order valence-electron chi connectivity index (χ3n) is 3.51. The molecule has 0 heteroatoms. The number of hydrogen-bond acceptors (Lipinski definition) is 0. The first kappa shape index (κ1) is 9.09. The predicted molar refractivity (Wildman–Crippen MR) is 50.6 cm³/mol. The van der Waals surface area contributed by atoms with Crippen LogP contribution in [0.15, 0.2) is 0 Å². The highest BCUT2D eigenvalue weighted by Crippen LogP contribution is 2.33. The molecule has 66 valence electrons. The molecule has 0 amide bonds. The van der Waals surface area contributed by atoms with Crippen LogP contribution in [-0.4, -0.2) is 0 Å². The zero-order chi connectivity index (χ0) is 8.27. The monoisotopic (exact) mass is 154 g/mol. The van der Waals surface area contributed by atoms with Gasteiger partial charge in [0.2, 0.25) is 0 Å². The van der Waals surface area contributed by atoms with Crippen molar-refractivity contribution in [3.8, 4) is 0 Å². The normalized spacial score (nSPS) is 35.2. The first-order valence-electron chi connectivity index (χ1n) is 5.24. The Morgan fingerprint density at radius 1 is 1.18 bits per heavy atom. The van der Waals surface area contributed by atoms with E-state index < -0.39 is 0 Å². The third-order valence-corrected chi connectivity index (χ3v) is 3.51. The van der Waals surface area contributed by atoms with Crippen molar-refractivity contribution < 1.29 is 0 Å². The Hall–Kier alpha value is 0. The zero-order valence-electron chi connectivity index (χ0n) is 8.27. The summed E-state index contributed by atoms with van der Waals surface area (Å²) in [6, 6.07) is 0. The van der Waals surface area contributed by atoms with E-state index in [9.17, 15) is 0 Å². The number of hydrogen-bond donors (Lipinski definition) is 0. The summed E-state index contributed by atoms with van der Waals surface area (Å²) in [5, 5.41) is 0. The fraction of sp³-hybridized carbons (Fsp3) is 1.00. The quantitative estimate of drug-likeness (QED) is 0.566. The molecular formula is C11H22. The minimum absolute atomic E-state index is 0.975. The number of rotatable bonds is 2. The van der Waals surface area contributed by atoms with Crippen molar-refractivity contribution in [2.24, 2.45) is 17.8 Å². The second-order valence-electron chi connectivity index (χ2n) is 4.41. The van der Waals surface area contributed by atoms with Crippen molar-refractivity contribution in [1.29, 1.82) is 0 Å². The molecule has 0 radical (unpaired) electrons. The lowest BCUT2D eigenvalue weighted by atomic mass is 9.76. The fourth-order valence-corrected chi connectivity index (χ4v) is 2.19. The Labute approximate surface area is 71.4 Å². The lowest BCUT2D eigenvalue weighted by molar-refractivity contribution is 0.219. The Kier molecular flexibility index (Phi) is 3.42. The van der Waals surface area contributed by atoms with Gasteiger partial charge in [-0.2, -0.15) is 0 Å². The van der Waals surface area contributed by atoms with Crippen molar-refractivity contribution in [1.82, 2.24) is 0 Å². The van der Waals surface area contributed by atoms with Crippen LogP contribution in [0.3, 0.4) is 0 Å². The Bertz CT molecular complexity index is 98.6. The van der Waals surface area contributed by atoms with Gasteiger partial charge in [0.1, 0.15) is 0 Å². The standard InChI is InChI=1S/C11H22/c1-4-10(3)11-7-5-9(2)6-8-11/h9-11H,4-8H2,1-3H3. The summed E-state index contributed by atoms with van der Waals surface area (Å²) in [4.78, 5) is 0. The van der Waals surface area contributed by atoms with E-state index in [0.29, 0.717) is 0 Å². The highest BCUT2D eigenvalue weighted by molar-refractivity contribution is 4.73. The smallest absolute Gasteiger partial charge is 0.0388 e. The van der Waals surface area contributed by atoms with E-state index in [0.717, 1.165) is 17.8 Å². The van der Waals surface area contributed by atoms with Gasteiger partial charge in [-0.15, -0.1) is 0 Å². The zero-order valence-corrected chi connectivity index (χ0v) is 8.27. The largest absolute Gasteiger partial charge is 0.0651 e. The summed E-state index contributed by atoms with van der Waals surface area (Å²) in [7, 11) is 0. The molecular weight excluding hydrogens is 132 g/mol. The summed E-state index contributed by atoms with van der Waals surface area (Å²) in [5.41, 5.74) is 0. The van der Waals surface area contributed by atoms with E-state index in [1.54, 1.807) is 0 Å². The summed E-state index contributed by atoms with van der Waals surface area (Å²) in [5.74, 6) is 3.04. The van der Waals surface area contributed by atoms with E-state index >= 15 is 0 Å². The van der Waals surface area contributed by atoms with Gasteiger partial charge in [-0.05, 0) is 30.6 Å². The topological polar surface area (TPSA) is 0 Å². The third kappa shape index (κ3) is 2.50. The van der Waals surface area contributed by atoms with E-state index in [4.69, 9.17) is 0 Å². The van der Waals surface area contributed by atoms with Crippen molar-refractivity contribution in [2.75, 3.05) is 0 Å². The van der Waals surface area contributed by atoms with Gasteiger partial charge in [0.25, 0.3) is 0 Å². The first-order valence-corrected chi connectivity index (χ1v) is 5.24. The molecule has 1 aliphatic carbocycles. The molecule has 0 N–H and O–H groups in total. The van der Waals surface area contributed by atoms with E-state index in [2.05, 4.69) is 20.8 Å². The van der Waals surface area contributed by atoms with Gasteiger partial charge < -0.3 is 0 Å². The van der Waals surface area contributed by atoms with Crippen LogP contribution in [0.2, 0.25) is 0 Å². The maximum Gasteiger partial charge on any atom is -0.0388 e. The van der Waals surface area contributed by atoms with Gasteiger partial charge in [-0.1, -0.05) is 40.0 Å². The van der Waals surface area contributed by atoms with E-state index in [1.807, 2.05) is 0 Å². The predicted octanol–water partition coefficient (Wildman–Crippen LogP) is 3.86. The molecule has 0 spiro atoms. The minimum Gasteiger partial charge on any atom is -0.0651 e.